The van der Waals surface area contributed by atoms with Crippen molar-refractivity contribution in [2.75, 3.05) is 17.2 Å². The van der Waals surface area contributed by atoms with Gasteiger partial charge in [-0.1, -0.05) is 18.9 Å². The van der Waals surface area contributed by atoms with Crippen LogP contribution in [0.3, 0.4) is 0 Å². The van der Waals surface area contributed by atoms with Crippen molar-refractivity contribution in [2.24, 2.45) is 0 Å². The van der Waals surface area contributed by atoms with E-state index in [1.165, 1.54) is 0 Å². The van der Waals surface area contributed by atoms with E-state index in [4.69, 9.17) is 4.74 Å². The van der Waals surface area contributed by atoms with Crippen LogP contribution in [0, 0.1) is 0 Å². The molecule has 0 unspecified atom stereocenters. The number of fused-ring (bicyclic) bond motifs is 1. The van der Waals surface area contributed by atoms with E-state index < -0.39 is 10.9 Å². The van der Waals surface area contributed by atoms with E-state index in [9.17, 15) is 14.4 Å². The van der Waals surface area contributed by atoms with E-state index in [0.29, 0.717) is 28.3 Å². The molecule has 0 radical (unpaired) electrons. The maximum atomic E-state index is 12.0. The summed E-state index contributed by atoms with van der Waals surface area (Å²) in [4.78, 5) is 35.2. The van der Waals surface area contributed by atoms with Crippen molar-refractivity contribution in [1.29, 1.82) is 0 Å². The molecule has 1 aliphatic carbocycles. The molecule has 4 rings (SSSR count). The van der Waals surface area contributed by atoms with Crippen molar-refractivity contribution in [3.63, 3.8) is 0 Å². The van der Waals surface area contributed by atoms with Gasteiger partial charge in [0.05, 0.1) is 16.9 Å². The zero-order valence-corrected chi connectivity index (χ0v) is 12.5. The van der Waals surface area contributed by atoms with Crippen LogP contribution in [-0.4, -0.2) is 18.6 Å². The number of carbonyl (C=O) groups excluding carboxylic acids is 1. The minimum absolute atomic E-state index is 0.0461. The Morgan fingerprint density at radius 2 is 1.87 bits per heavy atom. The summed E-state index contributed by atoms with van der Waals surface area (Å²) in [7, 11) is 0. The van der Waals surface area contributed by atoms with E-state index in [1.807, 2.05) is 0 Å². The molecule has 1 heterocycles. The number of carbonyl (C=O) groups is 1. The number of nitrogens with one attached hydrogen (secondary N) is 2. The number of hydrogen-bond donors (Lipinski definition) is 2. The molecule has 0 spiro atoms. The Balaban J connectivity index is 1.68. The van der Waals surface area contributed by atoms with Crippen LogP contribution in [0.25, 0.3) is 11.1 Å². The predicted octanol–water partition coefficient (Wildman–Crippen LogP) is 1.63. The van der Waals surface area contributed by atoms with Crippen molar-refractivity contribution in [2.45, 2.75) is 31.7 Å². The summed E-state index contributed by atoms with van der Waals surface area (Å²) < 4.78 is 5.37. The first-order chi connectivity index (χ1) is 11.1. The molecule has 6 nitrogen and oxygen atoms in total. The van der Waals surface area contributed by atoms with Gasteiger partial charge in [-0.3, -0.25) is 14.4 Å². The third-order valence-electron chi connectivity index (χ3n) is 4.52. The lowest BCUT2D eigenvalue weighted by Gasteiger charge is -2.21. The van der Waals surface area contributed by atoms with Crippen molar-refractivity contribution >= 4 is 17.3 Å². The fourth-order valence-corrected chi connectivity index (χ4v) is 3.31. The number of benzene rings is 1. The summed E-state index contributed by atoms with van der Waals surface area (Å²) in [6.07, 6.45) is 4.35. The number of amides is 1. The van der Waals surface area contributed by atoms with E-state index in [0.717, 1.165) is 25.7 Å². The van der Waals surface area contributed by atoms with Crippen LogP contribution < -0.4 is 26.2 Å². The molecular weight excluding hydrogens is 296 g/mol. The zero-order valence-electron chi connectivity index (χ0n) is 12.5. The van der Waals surface area contributed by atoms with Crippen molar-refractivity contribution in [1.82, 2.24) is 0 Å². The molecule has 118 valence electrons. The highest BCUT2D eigenvalue weighted by molar-refractivity contribution is 5.96. The molecule has 23 heavy (non-hydrogen) atoms. The molecule has 0 bridgehead atoms. The first kappa shape index (κ1) is 14.0. The smallest absolute Gasteiger partial charge is 0.262 e. The van der Waals surface area contributed by atoms with Gasteiger partial charge in [0.1, 0.15) is 5.75 Å². The van der Waals surface area contributed by atoms with Gasteiger partial charge in [-0.15, -0.1) is 0 Å². The summed E-state index contributed by atoms with van der Waals surface area (Å²) in [5, 5.41) is 5.93. The molecule has 1 amide bonds. The highest BCUT2D eigenvalue weighted by Gasteiger charge is 2.27. The van der Waals surface area contributed by atoms with Gasteiger partial charge in [0.25, 0.3) is 5.91 Å². The lowest BCUT2D eigenvalue weighted by molar-refractivity contribution is -0.118. The van der Waals surface area contributed by atoms with Crippen LogP contribution in [0.4, 0.5) is 11.4 Å². The number of hydrogen-bond acceptors (Lipinski definition) is 5. The molecule has 6 heteroatoms. The molecule has 0 atom stereocenters. The van der Waals surface area contributed by atoms with Gasteiger partial charge in [-0.25, -0.2) is 0 Å². The maximum absolute atomic E-state index is 12.0. The lowest BCUT2D eigenvalue weighted by Crippen LogP contribution is -2.38. The second-order valence-electron chi connectivity index (χ2n) is 6.08. The molecule has 0 aromatic heterocycles. The van der Waals surface area contributed by atoms with Gasteiger partial charge in [0.15, 0.2) is 6.61 Å². The van der Waals surface area contributed by atoms with Crippen LogP contribution in [-0.2, 0) is 4.79 Å². The van der Waals surface area contributed by atoms with Crippen LogP contribution in [0.5, 0.6) is 5.75 Å². The van der Waals surface area contributed by atoms with Gasteiger partial charge in [0, 0.05) is 6.04 Å². The number of ether oxygens (including phenoxy) is 1. The summed E-state index contributed by atoms with van der Waals surface area (Å²) in [5.41, 5.74) is 1.15. The van der Waals surface area contributed by atoms with Crippen LogP contribution in [0.2, 0.25) is 0 Å². The molecule has 1 saturated carbocycles. The minimum Gasteiger partial charge on any atom is -0.482 e. The highest BCUT2D eigenvalue weighted by atomic mass is 16.5. The fourth-order valence-electron chi connectivity index (χ4n) is 3.31. The van der Waals surface area contributed by atoms with Crippen LogP contribution in [0.1, 0.15) is 25.7 Å². The molecule has 2 aromatic rings. The molecule has 2 N–H and O–H groups in total. The van der Waals surface area contributed by atoms with Gasteiger partial charge in [-0.2, -0.15) is 0 Å². The monoisotopic (exact) mass is 312 g/mol. The Morgan fingerprint density at radius 1 is 1.09 bits per heavy atom. The second kappa shape index (κ2) is 5.22. The average molecular weight is 312 g/mol. The van der Waals surface area contributed by atoms with Gasteiger partial charge < -0.3 is 15.4 Å². The Labute approximate surface area is 132 Å². The predicted molar refractivity (Wildman–Crippen MR) is 86.8 cm³/mol. The topological polar surface area (TPSA) is 84.5 Å². The summed E-state index contributed by atoms with van der Waals surface area (Å²) in [6.45, 7) is -0.0461. The van der Waals surface area contributed by atoms with Gasteiger partial charge >= 0.3 is 0 Å². The zero-order chi connectivity index (χ0) is 16.0. The molecule has 1 aliphatic heterocycles. The molecule has 2 aromatic carbocycles. The maximum Gasteiger partial charge on any atom is 0.262 e. The quantitative estimate of drug-likeness (QED) is 0.842. The van der Waals surface area contributed by atoms with Gasteiger partial charge in [-0.05, 0) is 30.5 Å². The minimum atomic E-state index is -0.467. The first-order valence-corrected chi connectivity index (χ1v) is 7.80. The Bertz CT molecular complexity index is 858. The average Bonchev–Trinajstić information content (AvgIpc) is 3.07. The summed E-state index contributed by atoms with van der Waals surface area (Å²) in [6, 6.07) is 5.39. The van der Waals surface area contributed by atoms with E-state index in [2.05, 4.69) is 10.6 Å². The van der Waals surface area contributed by atoms with Crippen molar-refractivity contribution in [3.8, 4) is 16.9 Å². The summed E-state index contributed by atoms with van der Waals surface area (Å²) >= 11 is 0. The van der Waals surface area contributed by atoms with E-state index in [-0.39, 0.29) is 18.6 Å². The van der Waals surface area contributed by atoms with Crippen LogP contribution >= 0.6 is 0 Å². The third-order valence-corrected chi connectivity index (χ3v) is 4.52. The fraction of sp³-hybridized carbons (Fsp3) is 0.353. The lowest BCUT2D eigenvalue weighted by atomic mass is 9.97. The largest absolute Gasteiger partial charge is 0.482 e. The SMILES string of the molecule is O=C1COc2cc(-c3c(NC4CCCC4)c(=O)c3=O)ccc2N1. The number of anilines is 2. The Morgan fingerprint density at radius 3 is 2.65 bits per heavy atom. The Kier molecular flexibility index (Phi) is 3.18. The first-order valence-electron chi connectivity index (χ1n) is 7.80. The number of rotatable bonds is 3. The van der Waals surface area contributed by atoms with E-state index >= 15 is 0 Å². The normalized spacial score (nSPS) is 17.7. The molecule has 2 aliphatic rings. The summed E-state index contributed by atoms with van der Waals surface area (Å²) in [5.74, 6) is 0.310. The standard InChI is InChI=1S/C17H16N2O4/c20-13-8-23-12-7-9(5-6-11(12)19-13)14-15(17(22)16(14)21)18-10-3-1-2-4-10/h5-7,10,18H,1-4,8H2,(H,19,20). The Hall–Kier alpha value is -2.63. The molecular formula is C17H16N2O4. The van der Waals surface area contributed by atoms with E-state index in [1.54, 1.807) is 18.2 Å². The highest BCUT2D eigenvalue weighted by Crippen LogP contribution is 2.34. The van der Waals surface area contributed by atoms with Gasteiger partial charge in [0.2, 0.25) is 10.9 Å². The van der Waals surface area contributed by atoms with Crippen LogP contribution in [0.15, 0.2) is 27.8 Å². The molecule has 0 saturated heterocycles. The van der Waals surface area contributed by atoms with Crippen molar-refractivity contribution < 1.29 is 9.53 Å². The molecule has 1 fully saturated rings. The van der Waals surface area contributed by atoms with Crippen molar-refractivity contribution in [3.05, 3.63) is 38.6 Å². The third kappa shape index (κ3) is 2.30. The second-order valence-corrected chi connectivity index (χ2v) is 6.08.